The first-order valence-electron chi connectivity index (χ1n) is 4.98. The Morgan fingerprint density at radius 3 is 1.88 bits per heavy atom. The second kappa shape index (κ2) is 13.0. The van der Waals surface area contributed by atoms with Crippen LogP contribution in [0.25, 0.3) is 0 Å². The van der Waals surface area contributed by atoms with Crippen LogP contribution in [-0.2, 0) is 9.59 Å². The van der Waals surface area contributed by atoms with Gasteiger partial charge in [0.15, 0.2) is 5.92 Å². The van der Waals surface area contributed by atoms with Crippen molar-refractivity contribution in [1.82, 2.24) is 0 Å². The van der Waals surface area contributed by atoms with Crippen molar-refractivity contribution < 1.29 is 104 Å². The number of carboxylic acids is 2. The van der Waals surface area contributed by atoms with Crippen LogP contribution in [0.2, 0.25) is 0 Å². The van der Waals surface area contributed by atoms with E-state index < -0.39 is 17.9 Å². The molecule has 0 aliphatic carbocycles. The SMILES string of the molecule is CCCC(CC)CC(C(=O)O)C(=O)O.[H-].[H-].[K+].[Na+]. The van der Waals surface area contributed by atoms with E-state index in [1.165, 1.54) is 0 Å². The van der Waals surface area contributed by atoms with E-state index in [-0.39, 0.29) is 96.1 Å². The van der Waals surface area contributed by atoms with Gasteiger partial charge < -0.3 is 13.1 Å². The number of rotatable bonds is 7. The van der Waals surface area contributed by atoms with Gasteiger partial charge in [-0.1, -0.05) is 33.1 Å². The summed E-state index contributed by atoms with van der Waals surface area (Å²) in [4.78, 5) is 21.2. The van der Waals surface area contributed by atoms with Crippen molar-refractivity contribution in [3.8, 4) is 0 Å². The van der Waals surface area contributed by atoms with Gasteiger partial charge in [-0.3, -0.25) is 9.59 Å². The summed E-state index contributed by atoms with van der Waals surface area (Å²) in [5.41, 5.74) is 0. The quantitative estimate of drug-likeness (QED) is 0.366. The molecule has 6 heteroatoms. The molecule has 2 N–H and O–H groups in total. The molecule has 0 heterocycles. The minimum absolute atomic E-state index is 0. The molecule has 1 unspecified atom stereocenters. The Morgan fingerprint density at radius 1 is 1.19 bits per heavy atom. The van der Waals surface area contributed by atoms with Crippen LogP contribution < -0.4 is 80.9 Å². The molecule has 0 bridgehead atoms. The van der Waals surface area contributed by atoms with Gasteiger partial charge in [0.1, 0.15) is 0 Å². The molecule has 1 atom stereocenters. The Kier molecular flexibility index (Phi) is 18.5. The zero-order valence-corrected chi connectivity index (χ0v) is 15.8. The Balaban J connectivity index is -0.000000141. The molecule has 0 aromatic carbocycles. The van der Waals surface area contributed by atoms with Crippen LogP contribution in [0.1, 0.15) is 42.4 Å². The predicted molar refractivity (Wildman–Crippen MR) is 54.3 cm³/mol. The second-order valence-electron chi connectivity index (χ2n) is 3.53. The normalized spacial score (nSPS) is 11.2. The van der Waals surface area contributed by atoms with E-state index >= 15 is 0 Å². The maximum absolute atomic E-state index is 10.6. The first kappa shape index (κ1) is 22.7. The van der Waals surface area contributed by atoms with Crippen molar-refractivity contribution >= 4 is 11.9 Å². The Bertz CT molecular complexity index is 206. The number of carbonyl (C=O) groups is 2. The Morgan fingerprint density at radius 2 is 1.62 bits per heavy atom. The summed E-state index contributed by atoms with van der Waals surface area (Å²) in [5.74, 6) is -3.50. The minimum Gasteiger partial charge on any atom is -1.00 e. The van der Waals surface area contributed by atoms with Crippen LogP contribution in [0.5, 0.6) is 0 Å². The van der Waals surface area contributed by atoms with E-state index in [0.29, 0.717) is 0 Å². The largest absolute Gasteiger partial charge is 1.00 e. The minimum atomic E-state index is -1.24. The van der Waals surface area contributed by atoms with E-state index in [1.54, 1.807) is 0 Å². The van der Waals surface area contributed by atoms with Crippen LogP contribution in [-0.4, -0.2) is 22.2 Å². The number of hydrogen-bond donors (Lipinski definition) is 2. The number of aliphatic carboxylic acids is 2. The molecule has 0 amide bonds. The van der Waals surface area contributed by atoms with Gasteiger partial charge in [0.25, 0.3) is 0 Å². The molecular formula is C10H20KNaO4. The second-order valence-corrected chi connectivity index (χ2v) is 3.53. The molecule has 0 aromatic rings. The van der Waals surface area contributed by atoms with E-state index in [1.807, 2.05) is 13.8 Å². The molecule has 86 valence electrons. The summed E-state index contributed by atoms with van der Waals surface area (Å²) in [6.07, 6.45) is 2.94. The third-order valence-corrected chi connectivity index (χ3v) is 2.44. The standard InChI is InChI=1S/C10H18O4.K.Na.2H/c1-3-5-7(4-2)6-8(9(11)12)10(13)14;;;;/h7-8H,3-6H2,1-2H3,(H,11,12)(H,13,14);;;;/q;2*+1;2*-1. The fourth-order valence-electron chi connectivity index (χ4n) is 1.54. The first-order valence-corrected chi connectivity index (χ1v) is 4.98. The average Bonchev–Trinajstić information content (AvgIpc) is 2.10. The molecule has 0 spiro atoms. The summed E-state index contributed by atoms with van der Waals surface area (Å²) in [7, 11) is 0. The monoisotopic (exact) mass is 266 g/mol. The van der Waals surface area contributed by atoms with Crippen LogP contribution in [0.15, 0.2) is 0 Å². The third kappa shape index (κ3) is 9.59. The fourth-order valence-corrected chi connectivity index (χ4v) is 1.54. The van der Waals surface area contributed by atoms with Gasteiger partial charge >= 0.3 is 92.9 Å². The molecule has 0 aliphatic heterocycles. The molecule has 0 radical (unpaired) electrons. The smallest absolute Gasteiger partial charge is 1.00 e. The zero-order chi connectivity index (χ0) is 11.1. The fraction of sp³-hybridized carbons (Fsp3) is 0.800. The first-order chi connectivity index (χ1) is 6.52. The number of carboxylic acid groups (broad SMARTS) is 2. The molecule has 0 rings (SSSR count). The van der Waals surface area contributed by atoms with Crippen molar-refractivity contribution in [2.75, 3.05) is 0 Å². The maximum Gasteiger partial charge on any atom is 1.00 e. The van der Waals surface area contributed by atoms with Gasteiger partial charge in [0, 0.05) is 0 Å². The van der Waals surface area contributed by atoms with Gasteiger partial charge in [-0.15, -0.1) is 0 Å². The molecule has 0 saturated heterocycles. The van der Waals surface area contributed by atoms with E-state index in [0.717, 1.165) is 19.3 Å². The summed E-state index contributed by atoms with van der Waals surface area (Å²) in [6.45, 7) is 3.97. The van der Waals surface area contributed by atoms with Crippen molar-refractivity contribution in [3.63, 3.8) is 0 Å². The van der Waals surface area contributed by atoms with Crippen molar-refractivity contribution in [2.24, 2.45) is 11.8 Å². The van der Waals surface area contributed by atoms with E-state index in [2.05, 4.69) is 0 Å². The van der Waals surface area contributed by atoms with Crippen LogP contribution in [0.4, 0.5) is 0 Å². The van der Waals surface area contributed by atoms with E-state index in [4.69, 9.17) is 10.2 Å². The Hall–Kier alpha value is 1.58. The van der Waals surface area contributed by atoms with Crippen LogP contribution in [0, 0.1) is 11.8 Å². The summed E-state index contributed by atoms with van der Waals surface area (Å²) in [5, 5.41) is 17.4. The third-order valence-electron chi connectivity index (χ3n) is 2.44. The molecular weight excluding hydrogens is 246 g/mol. The molecule has 0 aliphatic rings. The van der Waals surface area contributed by atoms with Gasteiger partial charge in [0.05, 0.1) is 0 Å². The average molecular weight is 266 g/mol. The molecule has 16 heavy (non-hydrogen) atoms. The summed E-state index contributed by atoms with van der Waals surface area (Å²) < 4.78 is 0. The molecule has 4 nitrogen and oxygen atoms in total. The van der Waals surface area contributed by atoms with Gasteiger partial charge in [0.2, 0.25) is 0 Å². The topological polar surface area (TPSA) is 74.6 Å². The zero-order valence-electron chi connectivity index (χ0n) is 12.7. The van der Waals surface area contributed by atoms with Gasteiger partial charge in [-0.2, -0.15) is 0 Å². The van der Waals surface area contributed by atoms with Gasteiger partial charge in [-0.25, -0.2) is 0 Å². The van der Waals surface area contributed by atoms with Crippen LogP contribution in [0.3, 0.4) is 0 Å². The molecule has 0 aromatic heterocycles. The van der Waals surface area contributed by atoms with E-state index in [9.17, 15) is 9.59 Å². The van der Waals surface area contributed by atoms with Crippen molar-refractivity contribution in [1.29, 1.82) is 0 Å². The van der Waals surface area contributed by atoms with Gasteiger partial charge in [-0.05, 0) is 12.3 Å². The molecule has 0 fully saturated rings. The summed E-state index contributed by atoms with van der Waals surface area (Å²) in [6, 6.07) is 0. The van der Waals surface area contributed by atoms with Crippen molar-refractivity contribution in [3.05, 3.63) is 0 Å². The van der Waals surface area contributed by atoms with Crippen molar-refractivity contribution in [2.45, 2.75) is 39.5 Å². The predicted octanol–water partition coefficient (Wildman–Crippen LogP) is -3.78. The number of hydrogen-bond acceptors (Lipinski definition) is 2. The van der Waals surface area contributed by atoms with Crippen LogP contribution >= 0.6 is 0 Å². The summed E-state index contributed by atoms with van der Waals surface area (Å²) >= 11 is 0. The maximum atomic E-state index is 10.6. The molecule has 0 saturated carbocycles. The Labute approximate surface area is 164 Å².